The van der Waals surface area contributed by atoms with Crippen molar-refractivity contribution in [3.05, 3.63) is 106 Å². The first kappa shape index (κ1) is 22.2. The second-order valence-corrected chi connectivity index (χ2v) is 7.86. The Hall–Kier alpha value is -3.97. The Bertz CT molecular complexity index is 1370. The number of nitrogens with one attached hydrogen (secondary N) is 2. The van der Waals surface area contributed by atoms with E-state index in [2.05, 4.69) is 15.6 Å². The summed E-state index contributed by atoms with van der Waals surface area (Å²) in [5.74, 6) is -0.745. The number of halogens is 1. The minimum Gasteiger partial charge on any atom is -0.352 e. The summed E-state index contributed by atoms with van der Waals surface area (Å²) in [4.78, 5) is 42.2. The van der Waals surface area contributed by atoms with Crippen molar-refractivity contribution in [1.29, 1.82) is 0 Å². The summed E-state index contributed by atoms with van der Waals surface area (Å²) < 4.78 is 1.20. The zero-order chi connectivity index (χ0) is 23.2. The SMILES string of the molecule is O=C(Cn1cnc2ccc(Cl)cc2c1=O)Nc1ccccc1C(=O)NCCc1ccccc1. The van der Waals surface area contributed by atoms with E-state index in [0.717, 1.165) is 5.56 Å². The Kier molecular flexibility index (Phi) is 6.80. The molecule has 3 aromatic carbocycles. The number of fused-ring (bicyclic) bond motifs is 1. The van der Waals surface area contributed by atoms with E-state index in [4.69, 9.17) is 11.6 Å². The lowest BCUT2D eigenvalue weighted by Gasteiger charge is -2.12. The van der Waals surface area contributed by atoms with Crippen LogP contribution in [0.15, 0.2) is 83.9 Å². The van der Waals surface area contributed by atoms with E-state index in [0.29, 0.717) is 40.1 Å². The summed E-state index contributed by atoms with van der Waals surface area (Å²) in [6, 6.07) is 21.4. The van der Waals surface area contributed by atoms with Crippen LogP contribution < -0.4 is 16.2 Å². The predicted octanol–water partition coefficient (Wildman–Crippen LogP) is 3.66. The van der Waals surface area contributed by atoms with Crippen molar-refractivity contribution in [2.24, 2.45) is 0 Å². The highest BCUT2D eigenvalue weighted by atomic mass is 35.5. The van der Waals surface area contributed by atoms with Gasteiger partial charge in [0.15, 0.2) is 0 Å². The zero-order valence-corrected chi connectivity index (χ0v) is 18.4. The van der Waals surface area contributed by atoms with Gasteiger partial charge in [-0.05, 0) is 42.3 Å². The van der Waals surface area contributed by atoms with E-state index in [-0.39, 0.29) is 18.0 Å². The van der Waals surface area contributed by atoms with Crippen LogP contribution in [0.5, 0.6) is 0 Å². The van der Waals surface area contributed by atoms with Crippen LogP contribution in [-0.4, -0.2) is 27.9 Å². The Morgan fingerprint density at radius 3 is 2.55 bits per heavy atom. The quantitative estimate of drug-likeness (QED) is 0.440. The number of hydrogen-bond acceptors (Lipinski definition) is 4. The lowest BCUT2D eigenvalue weighted by atomic mass is 10.1. The van der Waals surface area contributed by atoms with E-state index in [1.165, 1.54) is 17.0 Å². The summed E-state index contributed by atoms with van der Waals surface area (Å²) in [5, 5.41) is 6.34. The molecule has 8 heteroatoms. The molecule has 33 heavy (non-hydrogen) atoms. The fraction of sp³-hybridized carbons (Fsp3) is 0.120. The third kappa shape index (κ3) is 5.45. The highest BCUT2D eigenvalue weighted by Crippen LogP contribution is 2.16. The highest BCUT2D eigenvalue weighted by Gasteiger charge is 2.14. The maximum absolute atomic E-state index is 12.7. The molecule has 0 spiro atoms. The van der Waals surface area contributed by atoms with Gasteiger partial charge in [0.05, 0.1) is 28.5 Å². The van der Waals surface area contributed by atoms with Crippen LogP contribution in [0, 0.1) is 0 Å². The average molecular weight is 461 g/mol. The van der Waals surface area contributed by atoms with E-state index in [9.17, 15) is 14.4 Å². The molecule has 7 nitrogen and oxygen atoms in total. The number of carbonyl (C=O) groups excluding carboxylic acids is 2. The fourth-order valence-electron chi connectivity index (χ4n) is 3.44. The normalized spacial score (nSPS) is 10.7. The number of aromatic nitrogens is 2. The number of nitrogens with zero attached hydrogens (tertiary/aromatic N) is 2. The molecule has 4 aromatic rings. The van der Waals surface area contributed by atoms with Gasteiger partial charge in [0.2, 0.25) is 5.91 Å². The zero-order valence-electron chi connectivity index (χ0n) is 17.6. The largest absolute Gasteiger partial charge is 0.352 e. The second kappa shape index (κ2) is 10.1. The molecule has 1 aromatic heterocycles. The monoisotopic (exact) mass is 460 g/mol. The van der Waals surface area contributed by atoms with E-state index in [1.54, 1.807) is 36.4 Å². The molecule has 0 saturated carbocycles. The van der Waals surface area contributed by atoms with Crippen LogP contribution in [-0.2, 0) is 17.8 Å². The summed E-state index contributed by atoms with van der Waals surface area (Å²) in [7, 11) is 0. The molecule has 0 saturated heterocycles. The molecule has 0 aliphatic heterocycles. The van der Waals surface area contributed by atoms with Gasteiger partial charge >= 0.3 is 0 Å². The molecule has 0 radical (unpaired) electrons. The van der Waals surface area contributed by atoms with Crippen LogP contribution in [0.2, 0.25) is 5.02 Å². The minimum atomic E-state index is -0.454. The molecule has 0 aliphatic carbocycles. The van der Waals surface area contributed by atoms with Crippen molar-refractivity contribution in [2.75, 3.05) is 11.9 Å². The molecule has 1 heterocycles. The summed E-state index contributed by atoms with van der Waals surface area (Å²) in [6.07, 6.45) is 2.02. The molecule has 0 aliphatic rings. The molecular formula is C25H21ClN4O3. The van der Waals surface area contributed by atoms with Crippen molar-refractivity contribution in [3.8, 4) is 0 Å². The van der Waals surface area contributed by atoms with Crippen molar-refractivity contribution in [1.82, 2.24) is 14.9 Å². The predicted molar refractivity (Wildman–Crippen MR) is 129 cm³/mol. The van der Waals surface area contributed by atoms with Crippen LogP contribution >= 0.6 is 11.6 Å². The lowest BCUT2D eigenvalue weighted by molar-refractivity contribution is -0.116. The second-order valence-electron chi connectivity index (χ2n) is 7.42. The molecule has 2 amide bonds. The number of amides is 2. The van der Waals surface area contributed by atoms with Crippen molar-refractivity contribution < 1.29 is 9.59 Å². The molecule has 2 N–H and O–H groups in total. The van der Waals surface area contributed by atoms with Crippen LogP contribution in [0.1, 0.15) is 15.9 Å². The molecule has 166 valence electrons. The third-order valence-electron chi connectivity index (χ3n) is 5.09. The topological polar surface area (TPSA) is 93.1 Å². The third-order valence-corrected chi connectivity index (χ3v) is 5.32. The number of hydrogen-bond donors (Lipinski definition) is 2. The standard InChI is InChI=1S/C25H21ClN4O3/c26-18-10-11-21-20(14-18)25(33)30(16-28-21)15-23(31)29-22-9-5-4-8-19(22)24(32)27-13-12-17-6-2-1-3-7-17/h1-11,14,16H,12-13,15H2,(H,27,32)(H,29,31). The average Bonchev–Trinajstić information content (AvgIpc) is 2.82. The smallest absolute Gasteiger partial charge is 0.261 e. The van der Waals surface area contributed by atoms with Gasteiger partial charge in [-0.1, -0.05) is 54.1 Å². The van der Waals surface area contributed by atoms with E-state index in [1.807, 2.05) is 30.3 Å². The number of para-hydroxylation sites is 1. The van der Waals surface area contributed by atoms with Gasteiger partial charge in [-0.25, -0.2) is 4.98 Å². The molecule has 4 rings (SSSR count). The first-order valence-electron chi connectivity index (χ1n) is 10.4. The molecule has 0 atom stereocenters. The summed E-state index contributed by atoms with van der Waals surface area (Å²) >= 11 is 5.98. The van der Waals surface area contributed by atoms with Gasteiger partial charge in [-0.3, -0.25) is 19.0 Å². The summed E-state index contributed by atoms with van der Waals surface area (Å²) in [6.45, 7) is 0.212. The molecule has 0 bridgehead atoms. The van der Waals surface area contributed by atoms with Gasteiger partial charge in [0.1, 0.15) is 6.54 Å². The van der Waals surface area contributed by atoms with E-state index >= 15 is 0 Å². The molecule has 0 fully saturated rings. The minimum absolute atomic E-state index is 0.252. The van der Waals surface area contributed by atoms with Gasteiger partial charge in [-0.2, -0.15) is 0 Å². The Morgan fingerprint density at radius 1 is 0.970 bits per heavy atom. The van der Waals surface area contributed by atoms with Crippen molar-refractivity contribution in [2.45, 2.75) is 13.0 Å². The Balaban J connectivity index is 1.43. The van der Waals surface area contributed by atoms with Gasteiger partial charge < -0.3 is 10.6 Å². The van der Waals surface area contributed by atoms with Crippen LogP contribution in [0.3, 0.4) is 0 Å². The van der Waals surface area contributed by atoms with Crippen molar-refractivity contribution in [3.63, 3.8) is 0 Å². The number of rotatable bonds is 7. The molecule has 0 unspecified atom stereocenters. The van der Waals surface area contributed by atoms with Crippen LogP contribution in [0.4, 0.5) is 5.69 Å². The lowest BCUT2D eigenvalue weighted by Crippen LogP contribution is -2.30. The molecular weight excluding hydrogens is 440 g/mol. The summed E-state index contributed by atoms with van der Waals surface area (Å²) in [5.41, 5.74) is 1.96. The van der Waals surface area contributed by atoms with E-state index < -0.39 is 5.91 Å². The van der Waals surface area contributed by atoms with Crippen LogP contribution in [0.25, 0.3) is 10.9 Å². The number of benzene rings is 3. The van der Waals surface area contributed by atoms with Crippen molar-refractivity contribution >= 4 is 40.0 Å². The van der Waals surface area contributed by atoms with Gasteiger partial charge in [0.25, 0.3) is 11.5 Å². The van der Waals surface area contributed by atoms with Gasteiger partial charge in [0, 0.05) is 11.6 Å². The number of anilines is 1. The maximum atomic E-state index is 12.7. The van der Waals surface area contributed by atoms with Gasteiger partial charge in [-0.15, -0.1) is 0 Å². The Labute approximate surface area is 195 Å². The first-order chi connectivity index (χ1) is 16.0. The Morgan fingerprint density at radius 2 is 1.73 bits per heavy atom. The first-order valence-corrected chi connectivity index (χ1v) is 10.7. The fourth-order valence-corrected chi connectivity index (χ4v) is 3.61. The maximum Gasteiger partial charge on any atom is 0.261 e. The number of carbonyl (C=O) groups is 2. The highest BCUT2D eigenvalue weighted by molar-refractivity contribution is 6.31.